The predicted molar refractivity (Wildman–Crippen MR) is 66.5 cm³/mol. The van der Waals surface area contributed by atoms with E-state index >= 15 is 0 Å². The molecule has 5 nitrogen and oxygen atoms in total. The lowest BCUT2D eigenvalue weighted by Crippen LogP contribution is -2.54. The second-order valence-electron chi connectivity index (χ2n) is 5.41. The standard InChI is InChI=1S/C11H23NO4S/c1-11(2,3)12-6-8-15-9-10(12)5-7-16-17(4,13)14/h10H,5-9H2,1-4H3. The van der Waals surface area contributed by atoms with E-state index in [2.05, 4.69) is 25.7 Å². The largest absolute Gasteiger partial charge is 0.378 e. The van der Waals surface area contributed by atoms with Crippen LogP contribution in [0.1, 0.15) is 27.2 Å². The highest BCUT2D eigenvalue weighted by Crippen LogP contribution is 2.21. The van der Waals surface area contributed by atoms with Crippen LogP contribution in [0.3, 0.4) is 0 Å². The maximum atomic E-state index is 10.9. The Morgan fingerprint density at radius 2 is 2.06 bits per heavy atom. The summed E-state index contributed by atoms with van der Waals surface area (Å²) in [6, 6.07) is 0.227. The van der Waals surface area contributed by atoms with E-state index in [4.69, 9.17) is 8.92 Å². The third-order valence-electron chi connectivity index (χ3n) is 2.84. The zero-order valence-corrected chi connectivity index (χ0v) is 11.9. The first kappa shape index (κ1) is 14.9. The quantitative estimate of drug-likeness (QED) is 0.705. The van der Waals surface area contributed by atoms with Crippen LogP contribution < -0.4 is 0 Å². The highest BCUT2D eigenvalue weighted by molar-refractivity contribution is 7.85. The van der Waals surface area contributed by atoms with Crippen molar-refractivity contribution in [2.24, 2.45) is 0 Å². The van der Waals surface area contributed by atoms with Crippen molar-refractivity contribution in [3.63, 3.8) is 0 Å². The van der Waals surface area contributed by atoms with Crippen LogP contribution in [0.5, 0.6) is 0 Å². The van der Waals surface area contributed by atoms with Gasteiger partial charge in [0.2, 0.25) is 0 Å². The summed E-state index contributed by atoms with van der Waals surface area (Å²) in [6.45, 7) is 8.95. The van der Waals surface area contributed by atoms with E-state index in [1.807, 2.05) is 0 Å². The molecule has 6 heteroatoms. The van der Waals surface area contributed by atoms with Crippen molar-refractivity contribution in [2.75, 3.05) is 32.6 Å². The number of ether oxygens (including phenoxy) is 1. The Bertz CT molecular complexity index is 334. The van der Waals surface area contributed by atoms with Crippen LogP contribution in [-0.2, 0) is 19.0 Å². The van der Waals surface area contributed by atoms with E-state index in [0.717, 1.165) is 19.4 Å². The number of hydrogen-bond acceptors (Lipinski definition) is 5. The Balaban J connectivity index is 2.49. The summed E-state index contributed by atoms with van der Waals surface area (Å²) in [5, 5.41) is 0. The van der Waals surface area contributed by atoms with E-state index in [1.165, 1.54) is 0 Å². The molecule has 1 saturated heterocycles. The SMILES string of the molecule is CC(C)(C)N1CCOCC1CCOS(C)(=O)=O. The maximum absolute atomic E-state index is 10.9. The molecule has 0 aromatic heterocycles. The summed E-state index contributed by atoms with van der Waals surface area (Å²) >= 11 is 0. The van der Waals surface area contributed by atoms with E-state index in [-0.39, 0.29) is 18.2 Å². The van der Waals surface area contributed by atoms with Gasteiger partial charge in [-0.05, 0) is 27.2 Å². The number of rotatable bonds is 4. The molecule has 0 spiro atoms. The van der Waals surface area contributed by atoms with Gasteiger partial charge in [0.05, 0.1) is 26.1 Å². The fourth-order valence-electron chi connectivity index (χ4n) is 2.11. The minimum Gasteiger partial charge on any atom is -0.378 e. The van der Waals surface area contributed by atoms with Gasteiger partial charge in [0.25, 0.3) is 10.1 Å². The van der Waals surface area contributed by atoms with Gasteiger partial charge in [-0.15, -0.1) is 0 Å². The highest BCUT2D eigenvalue weighted by atomic mass is 32.2. The molecule has 1 rings (SSSR count). The third-order valence-corrected chi connectivity index (χ3v) is 3.43. The van der Waals surface area contributed by atoms with Gasteiger partial charge in [0.15, 0.2) is 0 Å². The number of morpholine rings is 1. The topological polar surface area (TPSA) is 55.8 Å². The van der Waals surface area contributed by atoms with Gasteiger partial charge in [0, 0.05) is 18.1 Å². The molecule has 0 amide bonds. The van der Waals surface area contributed by atoms with Gasteiger partial charge in [-0.1, -0.05) is 0 Å². The van der Waals surface area contributed by atoms with Crippen LogP contribution in [0.4, 0.5) is 0 Å². The summed E-state index contributed by atoms with van der Waals surface area (Å²) in [4.78, 5) is 2.35. The van der Waals surface area contributed by atoms with Crippen molar-refractivity contribution in [1.29, 1.82) is 0 Å². The summed E-state index contributed by atoms with van der Waals surface area (Å²) in [7, 11) is -3.34. The van der Waals surface area contributed by atoms with Crippen molar-refractivity contribution in [3.05, 3.63) is 0 Å². The molecule has 1 aliphatic heterocycles. The zero-order valence-electron chi connectivity index (χ0n) is 11.1. The third kappa shape index (κ3) is 5.33. The lowest BCUT2D eigenvalue weighted by atomic mass is 10.0. The predicted octanol–water partition coefficient (Wildman–Crippen LogP) is 0.852. The first-order valence-electron chi connectivity index (χ1n) is 5.89. The molecule has 0 saturated carbocycles. The number of nitrogens with zero attached hydrogens (tertiary/aromatic N) is 1. The fourth-order valence-corrected chi connectivity index (χ4v) is 2.51. The molecule has 0 N–H and O–H groups in total. The van der Waals surface area contributed by atoms with E-state index in [9.17, 15) is 8.42 Å². The van der Waals surface area contributed by atoms with Crippen molar-refractivity contribution in [1.82, 2.24) is 4.90 Å². The van der Waals surface area contributed by atoms with E-state index in [1.54, 1.807) is 0 Å². The summed E-state index contributed by atoms with van der Waals surface area (Å²) in [5.74, 6) is 0. The average Bonchev–Trinajstić information content (AvgIpc) is 2.15. The van der Waals surface area contributed by atoms with Crippen LogP contribution in [0.25, 0.3) is 0 Å². The molecule has 1 aliphatic rings. The van der Waals surface area contributed by atoms with Crippen molar-refractivity contribution in [3.8, 4) is 0 Å². The molecule has 0 radical (unpaired) electrons. The van der Waals surface area contributed by atoms with Crippen LogP contribution in [0.15, 0.2) is 0 Å². The van der Waals surface area contributed by atoms with Gasteiger partial charge in [0.1, 0.15) is 0 Å². The monoisotopic (exact) mass is 265 g/mol. The van der Waals surface area contributed by atoms with Crippen LogP contribution in [0.2, 0.25) is 0 Å². The maximum Gasteiger partial charge on any atom is 0.264 e. The second kappa shape index (κ2) is 5.65. The first-order valence-corrected chi connectivity index (χ1v) is 7.71. The highest BCUT2D eigenvalue weighted by Gasteiger charge is 2.31. The summed E-state index contributed by atoms with van der Waals surface area (Å²) in [5.41, 5.74) is 0.0690. The molecule has 1 unspecified atom stereocenters. The summed E-state index contributed by atoms with van der Waals surface area (Å²) < 4.78 is 32.0. The second-order valence-corrected chi connectivity index (χ2v) is 7.05. The van der Waals surface area contributed by atoms with E-state index in [0.29, 0.717) is 13.0 Å². The van der Waals surface area contributed by atoms with Crippen LogP contribution in [-0.4, -0.2) is 57.5 Å². The van der Waals surface area contributed by atoms with Gasteiger partial charge in [-0.3, -0.25) is 9.08 Å². The first-order chi connectivity index (χ1) is 7.70. The molecular formula is C11H23NO4S. The lowest BCUT2D eigenvalue weighted by molar-refractivity contribution is -0.0545. The summed E-state index contributed by atoms with van der Waals surface area (Å²) in [6.07, 6.45) is 1.75. The average molecular weight is 265 g/mol. The van der Waals surface area contributed by atoms with Crippen LogP contribution in [0, 0.1) is 0 Å². The van der Waals surface area contributed by atoms with Gasteiger partial charge < -0.3 is 4.74 Å². The Kier molecular flexibility index (Phi) is 4.95. The van der Waals surface area contributed by atoms with Crippen molar-refractivity contribution >= 4 is 10.1 Å². The Morgan fingerprint density at radius 3 is 2.59 bits per heavy atom. The minimum absolute atomic E-state index is 0.0690. The molecule has 0 aromatic rings. The molecule has 0 bridgehead atoms. The normalized spacial score (nSPS) is 23.9. The van der Waals surface area contributed by atoms with Crippen LogP contribution >= 0.6 is 0 Å². The molecule has 0 aliphatic carbocycles. The molecule has 1 heterocycles. The molecular weight excluding hydrogens is 242 g/mol. The molecule has 1 atom stereocenters. The fraction of sp³-hybridized carbons (Fsp3) is 1.00. The van der Waals surface area contributed by atoms with Crippen molar-refractivity contribution < 1.29 is 17.3 Å². The van der Waals surface area contributed by atoms with Gasteiger partial charge in [-0.25, -0.2) is 0 Å². The minimum atomic E-state index is -3.34. The zero-order chi connectivity index (χ0) is 13.1. The van der Waals surface area contributed by atoms with E-state index < -0.39 is 10.1 Å². The van der Waals surface area contributed by atoms with Gasteiger partial charge >= 0.3 is 0 Å². The lowest BCUT2D eigenvalue weighted by Gasteiger charge is -2.44. The number of hydrogen-bond donors (Lipinski definition) is 0. The Morgan fingerprint density at radius 1 is 1.41 bits per heavy atom. The van der Waals surface area contributed by atoms with Crippen molar-refractivity contribution in [2.45, 2.75) is 38.8 Å². The van der Waals surface area contributed by atoms with Gasteiger partial charge in [-0.2, -0.15) is 8.42 Å². The molecule has 0 aromatic carbocycles. The Hall–Kier alpha value is -0.170. The molecule has 1 fully saturated rings. The smallest absolute Gasteiger partial charge is 0.264 e. The molecule has 102 valence electrons. The molecule has 17 heavy (non-hydrogen) atoms. The Labute approximate surface area is 104 Å².